The number of hydrogen-bond acceptors (Lipinski definition) is 8. The summed E-state index contributed by atoms with van der Waals surface area (Å²) >= 11 is 1.32. The fraction of sp³-hybridized carbons (Fsp3) is 0.389. The van der Waals surface area contributed by atoms with Crippen molar-refractivity contribution in [2.45, 2.75) is 0 Å². The predicted molar refractivity (Wildman–Crippen MR) is 101 cm³/mol. The number of esters is 1. The van der Waals surface area contributed by atoms with Crippen LogP contribution in [0.2, 0.25) is 0 Å². The van der Waals surface area contributed by atoms with Gasteiger partial charge in [0.2, 0.25) is 0 Å². The quantitative estimate of drug-likeness (QED) is 0.551. The number of para-hydroxylation sites is 1. The van der Waals surface area contributed by atoms with Gasteiger partial charge in [-0.3, -0.25) is 4.79 Å². The predicted octanol–water partition coefficient (Wildman–Crippen LogP) is 1.55. The van der Waals surface area contributed by atoms with Gasteiger partial charge in [-0.25, -0.2) is 4.79 Å². The average Bonchev–Trinajstić information content (AvgIpc) is 3.07. The number of nitrogens with zero attached hydrogens (tertiary/aromatic N) is 2. The monoisotopic (exact) mass is 392 g/mol. The zero-order chi connectivity index (χ0) is 19.2. The van der Waals surface area contributed by atoms with Crippen LogP contribution in [0, 0.1) is 0 Å². The third-order valence-corrected chi connectivity index (χ3v) is 5.01. The third-order valence-electron chi connectivity index (χ3n) is 3.97. The second kappa shape index (κ2) is 8.92. The van der Waals surface area contributed by atoms with Crippen LogP contribution in [0.15, 0.2) is 28.1 Å². The van der Waals surface area contributed by atoms with E-state index < -0.39 is 5.97 Å². The molecule has 0 N–H and O–H groups in total. The van der Waals surface area contributed by atoms with E-state index in [0.717, 1.165) is 0 Å². The first kappa shape index (κ1) is 19.2. The van der Waals surface area contributed by atoms with Crippen molar-refractivity contribution < 1.29 is 28.5 Å². The molecule has 2 heterocycles. The zero-order valence-corrected chi connectivity index (χ0v) is 15.9. The molecule has 0 saturated carbocycles. The lowest BCUT2D eigenvalue weighted by Gasteiger charge is -2.27. The molecule has 2 aliphatic heterocycles. The first-order valence-electron chi connectivity index (χ1n) is 8.34. The number of thioether (sulfide) groups is 1. The summed E-state index contributed by atoms with van der Waals surface area (Å²) in [5.41, 5.74) is 0.618. The van der Waals surface area contributed by atoms with Gasteiger partial charge in [0.15, 0.2) is 23.3 Å². The van der Waals surface area contributed by atoms with Gasteiger partial charge in [0.1, 0.15) is 0 Å². The molecule has 0 aromatic heterocycles. The second-order valence-corrected chi connectivity index (χ2v) is 6.66. The molecule has 8 nitrogen and oxygen atoms in total. The van der Waals surface area contributed by atoms with Crippen molar-refractivity contribution >= 4 is 34.9 Å². The Morgan fingerprint density at radius 3 is 2.81 bits per heavy atom. The van der Waals surface area contributed by atoms with Crippen LogP contribution in [0.4, 0.5) is 0 Å². The fourth-order valence-corrected chi connectivity index (χ4v) is 3.54. The van der Waals surface area contributed by atoms with E-state index in [1.165, 1.54) is 26.0 Å². The van der Waals surface area contributed by atoms with Crippen LogP contribution in [0.1, 0.15) is 5.56 Å². The Balaban J connectivity index is 1.82. The second-order valence-electron chi connectivity index (χ2n) is 5.65. The summed E-state index contributed by atoms with van der Waals surface area (Å²) in [7, 11) is 2.79. The van der Waals surface area contributed by atoms with Crippen LogP contribution in [-0.4, -0.2) is 69.1 Å². The molecule has 1 aromatic carbocycles. The smallest absolute Gasteiger partial charge is 0.343 e. The number of rotatable bonds is 5. The maximum absolute atomic E-state index is 12.3. The Morgan fingerprint density at radius 2 is 2.11 bits per heavy atom. The van der Waals surface area contributed by atoms with Gasteiger partial charge in [-0.15, -0.1) is 0 Å². The van der Waals surface area contributed by atoms with Crippen LogP contribution in [0.25, 0.3) is 6.08 Å². The Hall–Kier alpha value is -2.52. The Bertz CT molecular complexity index is 786. The summed E-state index contributed by atoms with van der Waals surface area (Å²) in [6.45, 7) is 2.39. The Labute approximate surface area is 161 Å². The number of ether oxygens (including phenoxy) is 4. The minimum atomic E-state index is -0.510. The van der Waals surface area contributed by atoms with Crippen molar-refractivity contribution in [3.8, 4) is 11.5 Å². The molecule has 0 spiro atoms. The number of carbonyl (C=O) groups excluding carboxylic acids is 2. The standard InChI is InChI=1S/C18H20N2O6S/c1-23-13-5-3-4-12(16(13)26-11-15(21)24-2)10-14-17(22)19-18(27-14)20-6-8-25-9-7-20/h3-5,10H,6-9,11H2,1-2H3. The number of benzene rings is 1. The molecule has 0 unspecified atom stereocenters. The molecule has 27 heavy (non-hydrogen) atoms. The first-order chi connectivity index (χ1) is 13.1. The van der Waals surface area contributed by atoms with E-state index in [4.69, 9.17) is 14.2 Å². The maximum atomic E-state index is 12.3. The van der Waals surface area contributed by atoms with Crippen molar-refractivity contribution in [1.82, 2.24) is 4.90 Å². The van der Waals surface area contributed by atoms with Crippen molar-refractivity contribution in [3.63, 3.8) is 0 Å². The summed E-state index contributed by atoms with van der Waals surface area (Å²) in [6, 6.07) is 5.28. The molecule has 144 valence electrons. The van der Waals surface area contributed by atoms with Gasteiger partial charge in [0.05, 0.1) is 32.3 Å². The van der Waals surface area contributed by atoms with E-state index in [1.54, 1.807) is 24.3 Å². The number of aliphatic imine (C=N–C) groups is 1. The maximum Gasteiger partial charge on any atom is 0.343 e. The topological polar surface area (TPSA) is 86.7 Å². The zero-order valence-electron chi connectivity index (χ0n) is 15.1. The van der Waals surface area contributed by atoms with Gasteiger partial charge >= 0.3 is 5.97 Å². The van der Waals surface area contributed by atoms with Crippen LogP contribution >= 0.6 is 11.8 Å². The molecule has 2 aliphatic rings. The first-order valence-corrected chi connectivity index (χ1v) is 9.16. The van der Waals surface area contributed by atoms with Crippen molar-refractivity contribution in [2.24, 2.45) is 4.99 Å². The molecule has 0 bridgehead atoms. The summed E-state index contributed by atoms with van der Waals surface area (Å²) in [5, 5.41) is 0.675. The summed E-state index contributed by atoms with van der Waals surface area (Å²) in [5.74, 6) is 0.0103. The molecule has 0 aliphatic carbocycles. The van der Waals surface area contributed by atoms with Crippen molar-refractivity contribution in [2.75, 3.05) is 47.1 Å². The lowest BCUT2D eigenvalue weighted by molar-refractivity contribution is -0.142. The van der Waals surface area contributed by atoms with Crippen LogP contribution < -0.4 is 9.47 Å². The molecule has 0 radical (unpaired) electrons. The van der Waals surface area contributed by atoms with Crippen molar-refractivity contribution in [1.29, 1.82) is 0 Å². The van der Waals surface area contributed by atoms with Crippen LogP contribution in [-0.2, 0) is 19.1 Å². The lowest BCUT2D eigenvalue weighted by atomic mass is 10.1. The molecular formula is C18H20N2O6S. The van der Waals surface area contributed by atoms with E-state index in [-0.39, 0.29) is 12.5 Å². The van der Waals surface area contributed by atoms with Gasteiger partial charge < -0.3 is 23.8 Å². The minimum absolute atomic E-state index is 0.260. The highest BCUT2D eigenvalue weighted by atomic mass is 32.2. The van der Waals surface area contributed by atoms with Gasteiger partial charge in [-0.1, -0.05) is 12.1 Å². The van der Waals surface area contributed by atoms with E-state index in [1.807, 2.05) is 4.90 Å². The van der Waals surface area contributed by atoms with Crippen LogP contribution in [0.3, 0.4) is 0 Å². The Morgan fingerprint density at radius 1 is 1.33 bits per heavy atom. The summed E-state index contributed by atoms with van der Waals surface area (Å²) < 4.78 is 20.8. The van der Waals surface area contributed by atoms with Crippen LogP contribution in [0.5, 0.6) is 11.5 Å². The molecular weight excluding hydrogens is 372 g/mol. The van der Waals surface area contributed by atoms with E-state index in [2.05, 4.69) is 9.73 Å². The van der Waals surface area contributed by atoms with Gasteiger partial charge in [0, 0.05) is 18.7 Å². The average molecular weight is 392 g/mol. The number of carbonyl (C=O) groups is 2. The number of amidine groups is 1. The van der Waals surface area contributed by atoms with Gasteiger partial charge in [-0.05, 0) is 23.9 Å². The largest absolute Gasteiger partial charge is 0.493 e. The summed E-state index contributed by atoms with van der Waals surface area (Å²) in [6.07, 6.45) is 1.69. The number of methoxy groups -OCH3 is 2. The molecule has 3 rings (SSSR count). The molecule has 1 saturated heterocycles. The number of morpholine rings is 1. The van der Waals surface area contributed by atoms with E-state index >= 15 is 0 Å². The normalized spacial score (nSPS) is 18.4. The highest BCUT2D eigenvalue weighted by molar-refractivity contribution is 8.18. The van der Waals surface area contributed by atoms with Gasteiger partial charge in [-0.2, -0.15) is 4.99 Å². The Kier molecular flexibility index (Phi) is 6.36. The van der Waals surface area contributed by atoms with E-state index in [0.29, 0.717) is 53.4 Å². The van der Waals surface area contributed by atoms with E-state index in [9.17, 15) is 9.59 Å². The minimum Gasteiger partial charge on any atom is -0.493 e. The lowest BCUT2D eigenvalue weighted by Crippen LogP contribution is -2.38. The highest BCUT2D eigenvalue weighted by Crippen LogP contribution is 2.36. The van der Waals surface area contributed by atoms with Crippen molar-refractivity contribution in [3.05, 3.63) is 28.7 Å². The fourth-order valence-electron chi connectivity index (χ4n) is 2.58. The molecule has 1 amide bonds. The molecule has 9 heteroatoms. The number of hydrogen-bond donors (Lipinski definition) is 0. The third kappa shape index (κ3) is 4.61. The molecule has 0 atom stereocenters. The molecule has 1 fully saturated rings. The SMILES string of the molecule is COC(=O)COc1c(C=C2SC(N3CCOCC3)=NC2=O)cccc1OC. The highest BCUT2D eigenvalue weighted by Gasteiger charge is 2.27. The molecule has 1 aromatic rings. The number of amides is 1. The van der Waals surface area contributed by atoms with Gasteiger partial charge in [0.25, 0.3) is 5.91 Å². The summed E-state index contributed by atoms with van der Waals surface area (Å²) in [4.78, 5) is 30.4.